The summed E-state index contributed by atoms with van der Waals surface area (Å²) in [5.41, 5.74) is 6.24. The number of imidazole rings is 1. The summed E-state index contributed by atoms with van der Waals surface area (Å²) in [6.07, 6.45) is 0.940. The van der Waals surface area contributed by atoms with E-state index in [1.807, 2.05) is 32.0 Å². The molecule has 3 heterocycles. The molecule has 0 bridgehead atoms. The number of aromatic nitrogens is 3. The van der Waals surface area contributed by atoms with E-state index < -0.39 is 0 Å². The molecule has 0 aliphatic carbocycles. The van der Waals surface area contributed by atoms with Gasteiger partial charge in [-0.2, -0.15) is 0 Å². The summed E-state index contributed by atoms with van der Waals surface area (Å²) in [7, 11) is 1.63. The zero-order valence-electron chi connectivity index (χ0n) is 16.6. The van der Waals surface area contributed by atoms with E-state index in [4.69, 9.17) is 26.1 Å². The fourth-order valence-corrected chi connectivity index (χ4v) is 4.02. The van der Waals surface area contributed by atoms with Crippen LogP contribution in [-0.4, -0.2) is 34.4 Å². The summed E-state index contributed by atoms with van der Waals surface area (Å²) in [4.78, 5) is 9.59. The molecule has 5 nitrogen and oxygen atoms in total. The number of benzene rings is 1. The van der Waals surface area contributed by atoms with E-state index >= 15 is 0 Å². The number of ether oxygens (including phenoxy) is 2. The first kappa shape index (κ1) is 19.0. The predicted molar refractivity (Wildman–Crippen MR) is 111 cm³/mol. The van der Waals surface area contributed by atoms with Crippen molar-refractivity contribution in [2.24, 2.45) is 0 Å². The second-order valence-corrected chi connectivity index (χ2v) is 7.67. The van der Waals surface area contributed by atoms with E-state index in [0.29, 0.717) is 17.4 Å². The lowest BCUT2D eigenvalue weighted by molar-refractivity contribution is 0.0666. The van der Waals surface area contributed by atoms with Gasteiger partial charge in [0.2, 0.25) is 0 Å². The summed E-state index contributed by atoms with van der Waals surface area (Å²) < 4.78 is 13.6. The van der Waals surface area contributed by atoms with Gasteiger partial charge in [-0.25, -0.2) is 4.98 Å². The van der Waals surface area contributed by atoms with Crippen molar-refractivity contribution in [1.29, 1.82) is 0 Å². The van der Waals surface area contributed by atoms with E-state index in [0.717, 1.165) is 47.0 Å². The van der Waals surface area contributed by atoms with Crippen LogP contribution in [0.1, 0.15) is 24.0 Å². The number of nitrogens with zero attached hydrogens (tertiary/aromatic N) is 3. The maximum atomic E-state index is 6.23. The molecule has 1 aromatic carbocycles. The molecule has 0 fully saturated rings. The highest BCUT2D eigenvalue weighted by Gasteiger charge is 2.24. The molecular formula is C22H24ClN3O2. The lowest BCUT2D eigenvalue weighted by atomic mass is 10.1. The molecule has 6 heteroatoms. The smallest absolute Gasteiger partial charge is 0.141 e. The molecule has 3 aromatic rings. The van der Waals surface area contributed by atoms with Gasteiger partial charge in [-0.05, 0) is 51.1 Å². The third-order valence-electron chi connectivity index (χ3n) is 5.02. The number of aryl methyl sites for hydroxylation is 2. The number of hydrogen-bond acceptors (Lipinski definition) is 4. The standard InChI is InChI=1S/C22H24ClN3O2/c1-13-9-17(10-14(2)24-13)21-19-7-8-28-15(3)12-26(19)22(25-21)16-5-6-18(23)20(11-16)27-4/h5-6,9-11,15H,7-8,12H2,1-4H3. The highest BCUT2D eigenvalue weighted by Crippen LogP contribution is 2.35. The zero-order chi connectivity index (χ0) is 19.8. The molecule has 0 N–H and O–H groups in total. The van der Waals surface area contributed by atoms with Crippen molar-refractivity contribution in [3.05, 3.63) is 52.4 Å². The SMILES string of the molecule is COc1cc(-c2nc(-c3cc(C)nc(C)c3)c3n2CC(C)OCC3)ccc1Cl. The average Bonchev–Trinajstić information content (AvgIpc) is 2.88. The fourth-order valence-electron chi connectivity index (χ4n) is 3.82. The summed E-state index contributed by atoms with van der Waals surface area (Å²) in [5, 5.41) is 0.589. The van der Waals surface area contributed by atoms with Crippen molar-refractivity contribution in [2.45, 2.75) is 39.8 Å². The van der Waals surface area contributed by atoms with E-state index in [9.17, 15) is 0 Å². The number of hydrogen-bond donors (Lipinski definition) is 0. The van der Waals surface area contributed by atoms with Crippen molar-refractivity contribution in [3.8, 4) is 28.4 Å². The van der Waals surface area contributed by atoms with E-state index in [2.05, 4.69) is 28.6 Å². The van der Waals surface area contributed by atoms with Gasteiger partial charge in [-0.15, -0.1) is 0 Å². The lowest BCUT2D eigenvalue weighted by Crippen LogP contribution is -2.15. The summed E-state index contributed by atoms with van der Waals surface area (Å²) in [5.74, 6) is 1.55. The zero-order valence-corrected chi connectivity index (χ0v) is 17.4. The molecule has 0 saturated heterocycles. The minimum absolute atomic E-state index is 0.122. The Morgan fingerprint density at radius 3 is 2.57 bits per heavy atom. The van der Waals surface area contributed by atoms with Crippen LogP contribution in [-0.2, 0) is 17.7 Å². The van der Waals surface area contributed by atoms with E-state index in [1.54, 1.807) is 7.11 Å². The van der Waals surface area contributed by atoms with Crippen LogP contribution >= 0.6 is 11.6 Å². The molecule has 0 radical (unpaired) electrons. The quantitative estimate of drug-likeness (QED) is 0.633. The number of methoxy groups -OCH3 is 1. The van der Waals surface area contributed by atoms with Gasteiger partial charge >= 0.3 is 0 Å². The highest BCUT2D eigenvalue weighted by molar-refractivity contribution is 6.32. The second kappa shape index (κ2) is 7.57. The van der Waals surface area contributed by atoms with Gasteiger partial charge in [0.15, 0.2) is 0 Å². The Morgan fingerprint density at radius 1 is 1.11 bits per heavy atom. The maximum Gasteiger partial charge on any atom is 0.141 e. The van der Waals surface area contributed by atoms with Crippen molar-refractivity contribution < 1.29 is 9.47 Å². The van der Waals surface area contributed by atoms with Gasteiger partial charge in [-0.3, -0.25) is 4.98 Å². The molecule has 28 heavy (non-hydrogen) atoms. The fraction of sp³-hybridized carbons (Fsp3) is 0.364. The lowest BCUT2D eigenvalue weighted by Gasteiger charge is -2.13. The summed E-state index contributed by atoms with van der Waals surface area (Å²) in [6.45, 7) is 7.57. The minimum atomic E-state index is 0.122. The van der Waals surface area contributed by atoms with Crippen LogP contribution in [0.5, 0.6) is 5.75 Å². The minimum Gasteiger partial charge on any atom is -0.495 e. The molecule has 1 aliphatic heterocycles. The first-order valence-corrected chi connectivity index (χ1v) is 9.84. The Labute approximate surface area is 170 Å². The van der Waals surface area contributed by atoms with Crippen LogP contribution in [0.25, 0.3) is 22.6 Å². The van der Waals surface area contributed by atoms with Crippen LogP contribution in [0.4, 0.5) is 0 Å². The maximum absolute atomic E-state index is 6.23. The highest BCUT2D eigenvalue weighted by atomic mass is 35.5. The van der Waals surface area contributed by atoms with Gasteiger partial charge in [0.05, 0.1) is 37.1 Å². The Hall–Kier alpha value is -2.37. The normalized spacial score (nSPS) is 16.5. The van der Waals surface area contributed by atoms with Gasteiger partial charge < -0.3 is 14.0 Å². The van der Waals surface area contributed by atoms with Gasteiger partial charge in [0.25, 0.3) is 0 Å². The van der Waals surface area contributed by atoms with Crippen LogP contribution in [0, 0.1) is 13.8 Å². The van der Waals surface area contributed by atoms with Crippen LogP contribution in [0.15, 0.2) is 30.3 Å². The average molecular weight is 398 g/mol. The first-order valence-electron chi connectivity index (χ1n) is 9.47. The van der Waals surface area contributed by atoms with Crippen LogP contribution in [0.2, 0.25) is 5.02 Å². The van der Waals surface area contributed by atoms with Crippen molar-refractivity contribution in [2.75, 3.05) is 13.7 Å². The van der Waals surface area contributed by atoms with Crippen LogP contribution in [0.3, 0.4) is 0 Å². The second-order valence-electron chi connectivity index (χ2n) is 7.26. The molecule has 1 aliphatic rings. The molecule has 2 aromatic heterocycles. The van der Waals surface area contributed by atoms with Crippen molar-refractivity contribution in [3.63, 3.8) is 0 Å². The molecule has 1 unspecified atom stereocenters. The molecule has 1 atom stereocenters. The first-order chi connectivity index (χ1) is 13.5. The number of pyridine rings is 1. The third-order valence-corrected chi connectivity index (χ3v) is 5.33. The summed E-state index contributed by atoms with van der Waals surface area (Å²) in [6, 6.07) is 9.98. The van der Waals surface area contributed by atoms with Gasteiger partial charge in [0, 0.05) is 34.6 Å². The van der Waals surface area contributed by atoms with E-state index in [1.165, 1.54) is 5.69 Å². The third kappa shape index (κ3) is 3.52. The monoisotopic (exact) mass is 397 g/mol. The Kier molecular flexibility index (Phi) is 5.13. The largest absolute Gasteiger partial charge is 0.495 e. The number of halogens is 1. The molecule has 0 spiro atoms. The predicted octanol–water partition coefficient (Wildman–Crippen LogP) is 4.85. The molecule has 0 amide bonds. The number of rotatable bonds is 3. The summed E-state index contributed by atoms with van der Waals surface area (Å²) >= 11 is 6.23. The Balaban J connectivity index is 1.93. The van der Waals surface area contributed by atoms with Crippen molar-refractivity contribution >= 4 is 11.6 Å². The molecule has 4 rings (SSSR count). The molecular weight excluding hydrogens is 374 g/mol. The topological polar surface area (TPSA) is 49.2 Å². The molecule has 0 saturated carbocycles. The Bertz CT molecular complexity index is 1010. The van der Waals surface area contributed by atoms with Gasteiger partial charge in [0.1, 0.15) is 11.6 Å². The number of fused-ring (bicyclic) bond motifs is 1. The van der Waals surface area contributed by atoms with Crippen molar-refractivity contribution in [1.82, 2.24) is 14.5 Å². The van der Waals surface area contributed by atoms with Gasteiger partial charge in [-0.1, -0.05) is 11.6 Å². The van der Waals surface area contributed by atoms with E-state index in [-0.39, 0.29) is 6.10 Å². The Morgan fingerprint density at radius 2 is 1.86 bits per heavy atom. The molecule has 146 valence electrons. The van der Waals surface area contributed by atoms with Crippen LogP contribution < -0.4 is 4.74 Å².